The van der Waals surface area contributed by atoms with E-state index >= 15 is 0 Å². The van der Waals surface area contributed by atoms with Crippen LogP contribution in [0.25, 0.3) is 0 Å². The number of hydrogen-bond donors (Lipinski definition) is 1. The lowest BCUT2D eigenvalue weighted by atomic mass is 10.4. The van der Waals surface area contributed by atoms with Gasteiger partial charge < -0.3 is 5.32 Å². The van der Waals surface area contributed by atoms with E-state index < -0.39 is 8.80 Å². The quantitative estimate of drug-likeness (QED) is 0.486. The Morgan fingerprint density at radius 2 is 1.39 bits per heavy atom. The molecule has 0 bridgehead atoms. The summed E-state index contributed by atoms with van der Waals surface area (Å²) in [5, 5.41) is 6.13. The van der Waals surface area contributed by atoms with Gasteiger partial charge in [0, 0.05) is 6.54 Å². The SMILES string of the molecule is S=CNCC[SiH](c1ccccc1)c1ccccc1. The maximum atomic E-state index is 4.82. The molecule has 0 atom stereocenters. The van der Waals surface area contributed by atoms with E-state index in [2.05, 4.69) is 66.0 Å². The summed E-state index contributed by atoms with van der Waals surface area (Å²) in [6.07, 6.45) is 0. The maximum absolute atomic E-state index is 4.82. The summed E-state index contributed by atoms with van der Waals surface area (Å²) in [5.74, 6) is 0. The van der Waals surface area contributed by atoms with Gasteiger partial charge in [0.05, 0.1) is 5.49 Å². The standard InChI is InChI=1S/C15H17NSSi/c17-13-16-11-12-18(14-7-3-1-4-8-14)15-9-5-2-6-10-15/h1-10,13,18H,11-12H2,(H,16,17). The van der Waals surface area contributed by atoms with E-state index in [0.717, 1.165) is 6.54 Å². The Hall–Kier alpha value is -1.45. The third kappa shape index (κ3) is 3.52. The summed E-state index contributed by atoms with van der Waals surface area (Å²) < 4.78 is 0. The van der Waals surface area contributed by atoms with Gasteiger partial charge in [-0.05, 0) is 6.04 Å². The van der Waals surface area contributed by atoms with Crippen molar-refractivity contribution >= 4 is 36.9 Å². The molecule has 0 aromatic heterocycles. The van der Waals surface area contributed by atoms with Crippen molar-refractivity contribution in [3.63, 3.8) is 0 Å². The van der Waals surface area contributed by atoms with Crippen LogP contribution in [0.3, 0.4) is 0 Å². The van der Waals surface area contributed by atoms with Crippen molar-refractivity contribution in [2.75, 3.05) is 6.54 Å². The molecule has 3 heteroatoms. The Morgan fingerprint density at radius 1 is 0.889 bits per heavy atom. The van der Waals surface area contributed by atoms with Crippen LogP contribution in [-0.4, -0.2) is 20.8 Å². The Balaban J connectivity index is 2.21. The van der Waals surface area contributed by atoms with Crippen LogP contribution in [0.15, 0.2) is 60.7 Å². The Bertz CT molecular complexity index is 433. The van der Waals surface area contributed by atoms with Crippen LogP contribution in [0.2, 0.25) is 6.04 Å². The molecule has 2 aromatic rings. The summed E-state index contributed by atoms with van der Waals surface area (Å²) in [4.78, 5) is 0. The molecular formula is C15H17NSSi. The first-order valence-corrected chi connectivity index (χ1v) is 8.63. The lowest BCUT2D eigenvalue weighted by Crippen LogP contribution is -2.43. The monoisotopic (exact) mass is 271 g/mol. The average Bonchev–Trinajstić information content (AvgIpc) is 2.46. The van der Waals surface area contributed by atoms with Gasteiger partial charge in [-0.15, -0.1) is 0 Å². The molecule has 1 nitrogen and oxygen atoms in total. The molecular weight excluding hydrogens is 254 g/mol. The zero-order valence-electron chi connectivity index (χ0n) is 10.3. The van der Waals surface area contributed by atoms with E-state index in [4.69, 9.17) is 12.2 Å². The molecule has 0 aliphatic rings. The molecule has 0 saturated heterocycles. The lowest BCUT2D eigenvalue weighted by molar-refractivity contribution is 0.989. The molecule has 0 heterocycles. The maximum Gasteiger partial charge on any atom is 0.104 e. The predicted octanol–water partition coefficient (Wildman–Crippen LogP) is 1.57. The van der Waals surface area contributed by atoms with Crippen LogP contribution < -0.4 is 15.7 Å². The zero-order chi connectivity index (χ0) is 12.6. The number of hydrogen-bond acceptors (Lipinski definition) is 1. The van der Waals surface area contributed by atoms with Gasteiger partial charge in [0.2, 0.25) is 0 Å². The molecule has 2 rings (SSSR count). The van der Waals surface area contributed by atoms with Crippen molar-refractivity contribution in [3.05, 3.63) is 60.7 Å². The van der Waals surface area contributed by atoms with E-state index in [-0.39, 0.29) is 0 Å². The number of rotatable bonds is 6. The largest absolute Gasteiger partial charge is 0.382 e. The summed E-state index contributed by atoms with van der Waals surface area (Å²) >= 11 is 4.82. The highest BCUT2D eigenvalue weighted by molar-refractivity contribution is 7.78. The molecule has 1 N–H and O–H groups in total. The van der Waals surface area contributed by atoms with Gasteiger partial charge in [0.15, 0.2) is 0 Å². The first-order chi connectivity index (χ1) is 8.92. The fraction of sp³-hybridized carbons (Fsp3) is 0.133. The van der Waals surface area contributed by atoms with Crippen LogP contribution in [-0.2, 0) is 0 Å². The Morgan fingerprint density at radius 3 is 1.83 bits per heavy atom. The third-order valence-corrected chi connectivity index (χ3v) is 6.48. The first kappa shape index (κ1) is 13.0. The van der Waals surface area contributed by atoms with Gasteiger partial charge in [-0.2, -0.15) is 0 Å². The number of nitrogens with one attached hydrogen (secondary N) is 1. The normalized spacial score (nSPS) is 10.3. The van der Waals surface area contributed by atoms with Crippen LogP contribution in [0.5, 0.6) is 0 Å². The molecule has 2 aromatic carbocycles. The minimum Gasteiger partial charge on any atom is -0.382 e. The fourth-order valence-electron chi connectivity index (χ4n) is 2.18. The molecule has 0 spiro atoms. The van der Waals surface area contributed by atoms with Crippen LogP contribution in [0, 0.1) is 0 Å². The Labute approximate surface area is 115 Å². The topological polar surface area (TPSA) is 12.0 Å². The second-order valence-electron chi connectivity index (χ2n) is 4.23. The molecule has 0 radical (unpaired) electrons. The Kier molecular flexibility index (Phi) is 5.11. The summed E-state index contributed by atoms with van der Waals surface area (Å²) in [5.41, 5.74) is 1.61. The average molecular weight is 271 g/mol. The van der Waals surface area contributed by atoms with E-state index in [1.807, 2.05) is 0 Å². The molecule has 0 fully saturated rings. The van der Waals surface area contributed by atoms with E-state index in [1.165, 1.54) is 16.4 Å². The summed E-state index contributed by atoms with van der Waals surface area (Å²) in [6.45, 7) is 0.962. The second kappa shape index (κ2) is 7.09. The highest BCUT2D eigenvalue weighted by Crippen LogP contribution is 1.97. The van der Waals surface area contributed by atoms with Crippen LogP contribution in [0.4, 0.5) is 0 Å². The smallest absolute Gasteiger partial charge is 0.104 e. The van der Waals surface area contributed by atoms with E-state index in [9.17, 15) is 0 Å². The highest BCUT2D eigenvalue weighted by Gasteiger charge is 2.14. The van der Waals surface area contributed by atoms with Crippen molar-refractivity contribution in [2.24, 2.45) is 0 Å². The number of benzene rings is 2. The van der Waals surface area contributed by atoms with Gasteiger partial charge in [0.25, 0.3) is 0 Å². The minimum atomic E-state index is -1.11. The van der Waals surface area contributed by atoms with Crippen molar-refractivity contribution in [3.8, 4) is 0 Å². The van der Waals surface area contributed by atoms with Crippen molar-refractivity contribution in [1.29, 1.82) is 0 Å². The molecule has 0 unspecified atom stereocenters. The van der Waals surface area contributed by atoms with Gasteiger partial charge in [-0.1, -0.05) is 83.3 Å². The highest BCUT2D eigenvalue weighted by atomic mass is 32.1. The van der Waals surface area contributed by atoms with Crippen LogP contribution in [0.1, 0.15) is 0 Å². The molecule has 0 saturated carbocycles. The second-order valence-corrected chi connectivity index (χ2v) is 7.49. The molecule has 0 aliphatic carbocycles. The van der Waals surface area contributed by atoms with Gasteiger partial charge in [-0.25, -0.2) is 0 Å². The van der Waals surface area contributed by atoms with E-state index in [1.54, 1.807) is 5.49 Å². The lowest BCUT2D eigenvalue weighted by Gasteiger charge is -2.16. The van der Waals surface area contributed by atoms with Crippen molar-refractivity contribution < 1.29 is 0 Å². The molecule has 18 heavy (non-hydrogen) atoms. The van der Waals surface area contributed by atoms with Gasteiger partial charge in [0.1, 0.15) is 8.80 Å². The molecule has 0 aliphatic heterocycles. The van der Waals surface area contributed by atoms with Crippen LogP contribution >= 0.6 is 12.2 Å². The van der Waals surface area contributed by atoms with Gasteiger partial charge in [-0.3, -0.25) is 0 Å². The first-order valence-electron chi connectivity index (χ1n) is 6.18. The van der Waals surface area contributed by atoms with Crippen molar-refractivity contribution in [2.45, 2.75) is 6.04 Å². The summed E-state index contributed by atoms with van der Waals surface area (Å²) in [6, 6.07) is 22.9. The zero-order valence-corrected chi connectivity index (χ0v) is 12.2. The summed E-state index contributed by atoms with van der Waals surface area (Å²) in [7, 11) is -1.11. The molecule has 0 amide bonds. The predicted molar refractivity (Wildman–Crippen MR) is 85.8 cm³/mol. The fourth-order valence-corrected chi connectivity index (χ4v) is 5.18. The van der Waals surface area contributed by atoms with Crippen molar-refractivity contribution in [1.82, 2.24) is 5.32 Å². The van der Waals surface area contributed by atoms with E-state index in [0.29, 0.717) is 0 Å². The third-order valence-electron chi connectivity index (χ3n) is 3.06. The minimum absolute atomic E-state index is 0.962. The molecule has 92 valence electrons. The number of thiocarbonyl (C=S) groups is 1. The van der Waals surface area contributed by atoms with Gasteiger partial charge >= 0.3 is 0 Å².